The van der Waals surface area contributed by atoms with Crippen molar-refractivity contribution in [2.75, 3.05) is 7.11 Å². The molecular formula is C15H15Cl2FN2O. The van der Waals surface area contributed by atoms with E-state index < -0.39 is 0 Å². The lowest BCUT2D eigenvalue weighted by Crippen LogP contribution is -2.30. The number of rotatable bonds is 5. The van der Waals surface area contributed by atoms with Gasteiger partial charge in [0.2, 0.25) is 0 Å². The van der Waals surface area contributed by atoms with Crippen LogP contribution in [0, 0.1) is 5.82 Å². The second kappa shape index (κ2) is 7.09. The fourth-order valence-corrected chi connectivity index (χ4v) is 2.72. The predicted molar refractivity (Wildman–Crippen MR) is 83.2 cm³/mol. The maximum Gasteiger partial charge on any atom is 0.123 e. The highest BCUT2D eigenvalue weighted by molar-refractivity contribution is 6.36. The lowest BCUT2D eigenvalue weighted by molar-refractivity contribution is 0.397. The Kier molecular flexibility index (Phi) is 5.42. The van der Waals surface area contributed by atoms with Crippen LogP contribution >= 0.6 is 23.2 Å². The number of halogens is 3. The number of ether oxygens (including phenoxy) is 1. The van der Waals surface area contributed by atoms with E-state index in [-0.39, 0.29) is 11.9 Å². The van der Waals surface area contributed by atoms with Crippen LogP contribution in [0.25, 0.3) is 0 Å². The Balaban J connectivity index is 2.39. The molecule has 6 heteroatoms. The summed E-state index contributed by atoms with van der Waals surface area (Å²) in [4.78, 5) is 0. The molecule has 112 valence electrons. The van der Waals surface area contributed by atoms with E-state index in [1.54, 1.807) is 24.3 Å². The molecule has 0 aliphatic heterocycles. The maximum absolute atomic E-state index is 13.5. The van der Waals surface area contributed by atoms with Gasteiger partial charge in [-0.15, -0.1) is 0 Å². The molecule has 0 radical (unpaired) electrons. The minimum atomic E-state index is -0.381. The van der Waals surface area contributed by atoms with Crippen molar-refractivity contribution in [2.45, 2.75) is 12.5 Å². The number of nitrogens with two attached hydrogens (primary N) is 1. The summed E-state index contributed by atoms with van der Waals surface area (Å²) in [6.45, 7) is 0. The Labute approximate surface area is 132 Å². The zero-order valence-electron chi connectivity index (χ0n) is 11.4. The first-order valence-electron chi connectivity index (χ1n) is 6.29. The zero-order chi connectivity index (χ0) is 15.4. The van der Waals surface area contributed by atoms with Gasteiger partial charge >= 0.3 is 0 Å². The van der Waals surface area contributed by atoms with Crippen LogP contribution in [0.1, 0.15) is 17.2 Å². The molecule has 0 aliphatic rings. The molecule has 0 saturated carbocycles. The van der Waals surface area contributed by atoms with E-state index in [0.29, 0.717) is 27.8 Å². The Hall–Kier alpha value is -1.33. The number of hydrogen-bond donors (Lipinski definition) is 2. The van der Waals surface area contributed by atoms with Crippen LogP contribution in [0.4, 0.5) is 4.39 Å². The number of hydrogen-bond acceptors (Lipinski definition) is 3. The van der Waals surface area contributed by atoms with E-state index in [1.165, 1.54) is 19.2 Å². The molecule has 0 bridgehead atoms. The minimum absolute atomic E-state index is 0.365. The average Bonchev–Trinajstić information content (AvgIpc) is 2.47. The summed E-state index contributed by atoms with van der Waals surface area (Å²) in [7, 11) is 1.52. The summed E-state index contributed by atoms with van der Waals surface area (Å²) in [5.41, 5.74) is 4.01. The second-order valence-corrected chi connectivity index (χ2v) is 5.32. The van der Waals surface area contributed by atoms with Crippen LogP contribution in [0.2, 0.25) is 10.0 Å². The molecule has 3 N–H and O–H groups in total. The molecule has 0 aliphatic carbocycles. The largest absolute Gasteiger partial charge is 0.496 e. The molecule has 1 atom stereocenters. The monoisotopic (exact) mass is 328 g/mol. The highest BCUT2D eigenvalue weighted by atomic mass is 35.5. The second-order valence-electron chi connectivity index (χ2n) is 4.51. The number of hydrazine groups is 1. The highest BCUT2D eigenvalue weighted by Crippen LogP contribution is 2.32. The number of methoxy groups -OCH3 is 1. The molecule has 2 rings (SSSR count). The molecular weight excluding hydrogens is 314 g/mol. The molecule has 0 aromatic heterocycles. The van der Waals surface area contributed by atoms with Gasteiger partial charge in [-0.25, -0.2) is 4.39 Å². The van der Waals surface area contributed by atoms with Crippen LogP contribution in [-0.4, -0.2) is 7.11 Å². The van der Waals surface area contributed by atoms with Gasteiger partial charge in [0.15, 0.2) is 0 Å². The van der Waals surface area contributed by atoms with Crippen molar-refractivity contribution in [3.05, 3.63) is 63.4 Å². The van der Waals surface area contributed by atoms with Gasteiger partial charge in [0.05, 0.1) is 13.2 Å². The molecule has 2 aromatic rings. The topological polar surface area (TPSA) is 47.3 Å². The summed E-state index contributed by atoms with van der Waals surface area (Å²) in [5.74, 6) is 5.79. The van der Waals surface area contributed by atoms with Crippen LogP contribution < -0.4 is 16.0 Å². The van der Waals surface area contributed by atoms with Gasteiger partial charge < -0.3 is 4.74 Å². The minimum Gasteiger partial charge on any atom is -0.496 e. The van der Waals surface area contributed by atoms with Crippen molar-refractivity contribution in [3.8, 4) is 5.75 Å². The molecule has 0 fully saturated rings. The first-order valence-corrected chi connectivity index (χ1v) is 7.05. The quantitative estimate of drug-likeness (QED) is 0.646. The van der Waals surface area contributed by atoms with E-state index >= 15 is 0 Å². The molecule has 0 spiro atoms. The smallest absolute Gasteiger partial charge is 0.123 e. The normalized spacial score (nSPS) is 12.2. The highest BCUT2D eigenvalue weighted by Gasteiger charge is 2.19. The third-order valence-corrected chi connectivity index (χ3v) is 3.95. The Morgan fingerprint density at radius 3 is 2.48 bits per heavy atom. The zero-order valence-corrected chi connectivity index (χ0v) is 12.9. The van der Waals surface area contributed by atoms with Gasteiger partial charge in [0, 0.05) is 15.6 Å². The summed E-state index contributed by atoms with van der Waals surface area (Å²) in [6, 6.07) is 9.16. The van der Waals surface area contributed by atoms with Gasteiger partial charge in [-0.1, -0.05) is 29.3 Å². The van der Waals surface area contributed by atoms with Crippen LogP contribution in [0.15, 0.2) is 36.4 Å². The van der Waals surface area contributed by atoms with Crippen molar-refractivity contribution in [1.82, 2.24) is 5.43 Å². The third-order valence-electron chi connectivity index (χ3n) is 3.24. The first kappa shape index (κ1) is 16.0. The van der Waals surface area contributed by atoms with Crippen LogP contribution in [0.5, 0.6) is 5.75 Å². The average molecular weight is 329 g/mol. The Morgan fingerprint density at radius 2 is 1.90 bits per heavy atom. The lowest BCUT2D eigenvalue weighted by atomic mass is 9.98. The fraction of sp³-hybridized carbons (Fsp3) is 0.200. The summed E-state index contributed by atoms with van der Waals surface area (Å²) in [6.07, 6.45) is 0.412. The van der Waals surface area contributed by atoms with Gasteiger partial charge in [0.1, 0.15) is 11.6 Å². The number of nitrogens with one attached hydrogen (secondary N) is 1. The SMILES string of the molecule is COc1ccc(F)cc1C(Cc1c(Cl)cccc1Cl)NN. The van der Waals surface area contributed by atoms with E-state index in [4.69, 9.17) is 33.8 Å². The summed E-state index contributed by atoms with van der Waals surface area (Å²) >= 11 is 12.3. The van der Waals surface area contributed by atoms with Gasteiger partial charge in [0.25, 0.3) is 0 Å². The van der Waals surface area contributed by atoms with Crippen molar-refractivity contribution in [3.63, 3.8) is 0 Å². The predicted octanol–water partition coefficient (Wildman–Crippen LogP) is 3.89. The van der Waals surface area contributed by atoms with Crippen molar-refractivity contribution in [1.29, 1.82) is 0 Å². The van der Waals surface area contributed by atoms with Crippen molar-refractivity contribution in [2.24, 2.45) is 5.84 Å². The van der Waals surface area contributed by atoms with Gasteiger partial charge in [-0.2, -0.15) is 0 Å². The third kappa shape index (κ3) is 3.66. The lowest BCUT2D eigenvalue weighted by Gasteiger charge is -2.20. The molecule has 0 heterocycles. The van der Waals surface area contributed by atoms with E-state index in [1.807, 2.05) is 0 Å². The molecule has 1 unspecified atom stereocenters. The number of benzene rings is 2. The molecule has 0 saturated heterocycles. The molecule has 0 amide bonds. The standard InChI is InChI=1S/C15H15Cl2FN2O/c1-21-15-6-5-9(18)7-11(15)14(20-19)8-10-12(16)3-2-4-13(10)17/h2-7,14,20H,8,19H2,1H3. The molecule has 2 aromatic carbocycles. The van der Waals surface area contributed by atoms with Crippen molar-refractivity contribution < 1.29 is 9.13 Å². The van der Waals surface area contributed by atoms with E-state index in [0.717, 1.165) is 5.56 Å². The van der Waals surface area contributed by atoms with E-state index in [2.05, 4.69) is 5.43 Å². The Bertz CT molecular complexity index is 617. The van der Waals surface area contributed by atoms with E-state index in [9.17, 15) is 4.39 Å². The molecule has 3 nitrogen and oxygen atoms in total. The van der Waals surface area contributed by atoms with Crippen molar-refractivity contribution >= 4 is 23.2 Å². The van der Waals surface area contributed by atoms with Crippen LogP contribution in [-0.2, 0) is 6.42 Å². The summed E-state index contributed by atoms with van der Waals surface area (Å²) < 4.78 is 18.8. The van der Waals surface area contributed by atoms with Crippen LogP contribution in [0.3, 0.4) is 0 Å². The molecule has 21 heavy (non-hydrogen) atoms. The van der Waals surface area contributed by atoms with Gasteiger partial charge in [-0.05, 0) is 42.3 Å². The maximum atomic E-state index is 13.5. The first-order chi connectivity index (χ1) is 10.1. The summed E-state index contributed by atoms with van der Waals surface area (Å²) in [5, 5.41) is 1.08. The van der Waals surface area contributed by atoms with Gasteiger partial charge in [-0.3, -0.25) is 11.3 Å². The fourth-order valence-electron chi connectivity index (χ4n) is 2.17. The Morgan fingerprint density at radius 1 is 1.24 bits per heavy atom.